The van der Waals surface area contributed by atoms with E-state index < -0.39 is 17.2 Å². The van der Waals surface area contributed by atoms with Crippen molar-refractivity contribution in [2.24, 2.45) is 5.41 Å². The Morgan fingerprint density at radius 2 is 2.25 bits per heavy atom. The zero-order chi connectivity index (χ0) is 12.0. The number of allylic oxidation sites excluding steroid dienone is 4. The summed E-state index contributed by atoms with van der Waals surface area (Å²) >= 11 is 0. The summed E-state index contributed by atoms with van der Waals surface area (Å²) in [5.74, 6) is -0.0812. The first-order chi connectivity index (χ1) is 7.40. The van der Waals surface area contributed by atoms with Crippen LogP contribution in [0.3, 0.4) is 0 Å². The lowest BCUT2D eigenvalue weighted by molar-refractivity contribution is -0.111. The van der Waals surface area contributed by atoms with Crippen LogP contribution in [0.5, 0.6) is 0 Å². The number of hydrogen-bond acceptors (Lipinski definition) is 2. The quantitative estimate of drug-likeness (QED) is 0.742. The van der Waals surface area contributed by atoms with Crippen LogP contribution in [0.4, 0.5) is 4.39 Å². The summed E-state index contributed by atoms with van der Waals surface area (Å²) in [6, 6.07) is 0. The number of alkyl halides is 1. The van der Waals surface area contributed by atoms with Crippen LogP contribution >= 0.6 is 0 Å². The molecule has 1 fully saturated rings. The molecule has 1 saturated carbocycles. The Morgan fingerprint density at radius 3 is 2.88 bits per heavy atom. The van der Waals surface area contributed by atoms with Gasteiger partial charge in [0.05, 0.1) is 6.10 Å². The van der Waals surface area contributed by atoms with Crippen molar-refractivity contribution in [3.05, 3.63) is 23.8 Å². The van der Waals surface area contributed by atoms with Gasteiger partial charge in [-0.15, -0.1) is 0 Å². The third-order valence-corrected chi connectivity index (χ3v) is 4.08. The Balaban J connectivity index is 2.49. The zero-order valence-electron chi connectivity index (χ0n) is 9.66. The van der Waals surface area contributed by atoms with Gasteiger partial charge < -0.3 is 5.11 Å². The van der Waals surface area contributed by atoms with E-state index in [1.165, 1.54) is 19.1 Å². The molecule has 0 aromatic heterocycles. The summed E-state index contributed by atoms with van der Waals surface area (Å²) in [5.41, 5.74) is -1.67. The van der Waals surface area contributed by atoms with Gasteiger partial charge in [-0.3, -0.25) is 4.79 Å². The van der Waals surface area contributed by atoms with Crippen molar-refractivity contribution < 1.29 is 14.3 Å². The Labute approximate surface area is 94.8 Å². The van der Waals surface area contributed by atoms with E-state index in [-0.39, 0.29) is 5.78 Å². The Hall–Kier alpha value is -0.960. The second-order valence-corrected chi connectivity index (χ2v) is 5.00. The monoisotopic (exact) mass is 224 g/mol. The molecule has 88 valence electrons. The maximum atomic E-state index is 14.9. The molecule has 0 saturated heterocycles. The maximum Gasteiger partial charge on any atom is 0.178 e. The van der Waals surface area contributed by atoms with Gasteiger partial charge in [-0.1, -0.05) is 11.6 Å². The molecule has 2 aliphatic carbocycles. The first kappa shape index (κ1) is 11.5. The molecule has 0 spiro atoms. The number of fused-ring (bicyclic) bond motifs is 1. The van der Waals surface area contributed by atoms with Gasteiger partial charge in [-0.05, 0) is 45.3 Å². The third-order valence-electron chi connectivity index (χ3n) is 4.08. The Morgan fingerprint density at radius 1 is 1.56 bits per heavy atom. The van der Waals surface area contributed by atoms with Crippen molar-refractivity contribution in [2.45, 2.75) is 44.9 Å². The SMILES string of the molecule is CC(O)C1(F)CCCC2=CC(=O)C=CC21C. The summed E-state index contributed by atoms with van der Waals surface area (Å²) in [6.45, 7) is 3.26. The fraction of sp³-hybridized carbons (Fsp3) is 0.615. The van der Waals surface area contributed by atoms with Crippen LogP contribution in [0.25, 0.3) is 0 Å². The van der Waals surface area contributed by atoms with E-state index in [0.717, 1.165) is 12.0 Å². The van der Waals surface area contributed by atoms with Gasteiger partial charge in [0.25, 0.3) is 0 Å². The molecule has 3 atom stereocenters. The van der Waals surface area contributed by atoms with Crippen molar-refractivity contribution in [1.82, 2.24) is 0 Å². The number of ketones is 1. The molecule has 1 N–H and O–H groups in total. The van der Waals surface area contributed by atoms with E-state index in [2.05, 4.69) is 0 Å². The van der Waals surface area contributed by atoms with E-state index in [1.807, 2.05) is 0 Å². The van der Waals surface area contributed by atoms with E-state index in [4.69, 9.17) is 0 Å². The minimum Gasteiger partial charge on any atom is -0.390 e. The number of halogens is 1. The lowest BCUT2D eigenvalue weighted by Crippen LogP contribution is -2.53. The van der Waals surface area contributed by atoms with Crippen molar-refractivity contribution in [1.29, 1.82) is 0 Å². The van der Waals surface area contributed by atoms with E-state index in [1.54, 1.807) is 13.0 Å². The fourth-order valence-corrected chi connectivity index (χ4v) is 2.90. The molecule has 0 amide bonds. The van der Waals surface area contributed by atoms with Gasteiger partial charge in [0.1, 0.15) is 5.67 Å². The van der Waals surface area contributed by atoms with Gasteiger partial charge in [0, 0.05) is 5.41 Å². The van der Waals surface area contributed by atoms with Gasteiger partial charge in [0.2, 0.25) is 0 Å². The van der Waals surface area contributed by atoms with Gasteiger partial charge in [0.15, 0.2) is 5.78 Å². The second kappa shape index (κ2) is 3.52. The summed E-state index contributed by atoms with van der Waals surface area (Å²) < 4.78 is 14.9. The molecule has 0 aliphatic heterocycles. The predicted molar refractivity (Wildman–Crippen MR) is 59.7 cm³/mol. The van der Waals surface area contributed by atoms with Crippen molar-refractivity contribution in [3.8, 4) is 0 Å². The molecule has 0 heterocycles. The van der Waals surface area contributed by atoms with Crippen molar-refractivity contribution >= 4 is 5.78 Å². The molecule has 3 unspecified atom stereocenters. The fourth-order valence-electron chi connectivity index (χ4n) is 2.90. The molecular weight excluding hydrogens is 207 g/mol. The highest BCUT2D eigenvalue weighted by molar-refractivity contribution is 6.01. The average Bonchev–Trinajstić information content (AvgIpc) is 2.21. The number of carbonyl (C=O) groups is 1. The molecule has 0 aromatic rings. The summed E-state index contributed by atoms with van der Waals surface area (Å²) in [7, 11) is 0. The summed E-state index contributed by atoms with van der Waals surface area (Å²) in [6.07, 6.45) is 5.29. The van der Waals surface area contributed by atoms with Gasteiger partial charge in [-0.2, -0.15) is 0 Å². The zero-order valence-corrected chi connectivity index (χ0v) is 9.66. The van der Waals surface area contributed by atoms with Crippen molar-refractivity contribution in [3.63, 3.8) is 0 Å². The summed E-state index contributed by atoms with van der Waals surface area (Å²) in [5, 5.41) is 9.69. The molecule has 2 nitrogen and oxygen atoms in total. The number of aliphatic hydroxyl groups is 1. The largest absolute Gasteiger partial charge is 0.390 e. The second-order valence-electron chi connectivity index (χ2n) is 5.00. The highest BCUT2D eigenvalue weighted by atomic mass is 19.1. The molecule has 2 aliphatic rings. The topological polar surface area (TPSA) is 37.3 Å². The van der Waals surface area contributed by atoms with Crippen LogP contribution in [0.1, 0.15) is 33.1 Å². The molecule has 0 bridgehead atoms. The Bertz CT molecular complexity index is 383. The normalized spacial score (nSPS) is 40.2. The van der Waals surface area contributed by atoms with Crippen molar-refractivity contribution in [2.75, 3.05) is 0 Å². The maximum absolute atomic E-state index is 14.9. The first-order valence-electron chi connectivity index (χ1n) is 5.71. The third kappa shape index (κ3) is 1.38. The van der Waals surface area contributed by atoms with E-state index in [0.29, 0.717) is 12.8 Å². The summed E-state index contributed by atoms with van der Waals surface area (Å²) in [4.78, 5) is 11.3. The van der Waals surface area contributed by atoms with Gasteiger partial charge in [-0.25, -0.2) is 4.39 Å². The van der Waals surface area contributed by atoms with Crippen LogP contribution in [0, 0.1) is 5.41 Å². The highest BCUT2D eigenvalue weighted by Crippen LogP contribution is 2.53. The number of carbonyl (C=O) groups excluding carboxylic acids is 1. The minimum atomic E-state index is -1.66. The molecule has 3 heteroatoms. The molecule has 16 heavy (non-hydrogen) atoms. The average molecular weight is 224 g/mol. The van der Waals surface area contributed by atoms with Crippen LogP contribution < -0.4 is 0 Å². The van der Waals surface area contributed by atoms with Gasteiger partial charge >= 0.3 is 0 Å². The molecule has 0 radical (unpaired) electrons. The standard InChI is InChI=1S/C13H17FO2/c1-9(15)13(14)6-3-4-10-8-11(16)5-7-12(10,13)2/h5,7-9,15H,3-4,6H2,1-2H3. The van der Waals surface area contributed by atoms with E-state index in [9.17, 15) is 14.3 Å². The number of aliphatic hydroxyl groups excluding tert-OH is 1. The predicted octanol–water partition coefficient (Wildman–Crippen LogP) is 2.33. The molecule has 2 rings (SSSR count). The lowest BCUT2D eigenvalue weighted by Gasteiger charge is -2.49. The van der Waals surface area contributed by atoms with Crippen LogP contribution in [-0.4, -0.2) is 22.7 Å². The smallest absolute Gasteiger partial charge is 0.178 e. The minimum absolute atomic E-state index is 0.0812. The van der Waals surface area contributed by atoms with Crippen LogP contribution in [-0.2, 0) is 4.79 Å². The highest BCUT2D eigenvalue weighted by Gasteiger charge is 2.55. The molecular formula is C13H17FO2. The lowest BCUT2D eigenvalue weighted by atomic mass is 9.59. The Kier molecular flexibility index (Phi) is 2.54. The first-order valence-corrected chi connectivity index (χ1v) is 5.71. The number of rotatable bonds is 1. The molecule has 0 aromatic carbocycles. The van der Waals surface area contributed by atoms with Crippen LogP contribution in [0.2, 0.25) is 0 Å². The number of hydrogen-bond donors (Lipinski definition) is 1. The van der Waals surface area contributed by atoms with E-state index >= 15 is 0 Å². The van der Waals surface area contributed by atoms with Crippen LogP contribution in [0.15, 0.2) is 23.8 Å².